The summed E-state index contributed by atoms with van der Waals surface area (Å²) in [5.74, 6) is 1.91. The lowest BCUT2D eigenvalue weighted by Crippen LogP contribution is -2.15. The minimum Gasteiger partial charge on any atom is -0.300 e. The molecule has 0 aromatic rings. The van der Waals surface area contributed by atoms with Crippen LogP contribution in [0.3, 0.4) is 0 Å². The molecule has 0 aliphatic heterocycles. The van der Waals surface area contributed by atoms with Gasteiger partial charge < -0.3 is 0 Å². The molecule has 0 heterocycles. The van der Waals surface area contributed by atoms with Gasteiger partial charge in [-0.15, -0.1) is 0 Å². The van der Waals surface area contributed by atoms with Crippen LogP contribution in [0, 0.1) is 11.8 Å². The van der Waals surface area contributed by atoms with Gasteiger partial charge in [0.2, 0.25) is 0 Å². The van der Waals surface area contributed by atoms with Gasteiger partial charge in [0.15, 0.2) is 0 Å². The maximum Gasteiger partial charge on any atom is 0.133 e. The van der Waals surface area contributed by atoms with Gasteiger partial charge in [-0.3, -0.25) is 4.79 Å². The quantitative estimate of drug-likeness (QED) is 0.610. The third-order valence-corrected chi connectivity index (χ3v) is 4.03. The largest absolute Gasteiger partial charge is 0.300 e. The summed E-state index contributed by atoms with van der Waals surface area (Å²) in [7, 11) is 0. The van der Waals surface area contributed by atoms with E-state index in [1.165, 1.54) is 51.4 Å². The fourth-order valence-electron chi connectivity index (χ4n) is 2.98. The Labute approximate surface area is 101 Å². The normalized spacial score (nSPS) is 19.6. The van der Waals surface area contributed by atoms with Crippen molar-refractivity contribution >= 4 is 5.78 Å². The third-order valence-electron chi connectivity index (χ3n) is 4.03. The van der Waals surface area contributed by atoms with Crippen molar-refractivity contribution in [3.8, 4) is 0 Å². The summed E-state index contributed by atoms with van der Waals surface area (Å²) in [6.45, 7) is 4.43. The van der Waals surface area contributed by atoms with Crippen molar-refractivity contribution in [3.05, 3.63) is 0 Å². The zero-order chi connectivity index (χ0) is 11.8. The second-order valence-electron chi connectivity index (χ2n) is 5.51. The van der Waals surface area contributed by atoms with Gasteiger partial charge in [-0.2, -0.15) is 0 Å². The molecule has 0 spiro atoms. The minimum absolute atomic E-state index is 0.534. The lowest BCUT2D eigenvalue weighted by atomic mass is 9.83. The van der Waals surface area contributed by atoms with Crippen LogP contribution in [-0.2, 0) is 4.79 Å². The highest BCUT2D eigenvalue weighted by atomic mass is 16.1. The van der Waals surface area contributed by atoms with Crippen LogP contribution < -0.4 is 0 Å². The third kappa shape index (κ3) is 5.14. The van der Waals surface area contributed by atoms with E-state index in [2.05, 4.69) is 13.8 Å². The van der Waals surface area contributed by atoms with Crippen LogP contribution in [0.4, 0.5) is 0 Å². The molecule has 0 bridgehead atoms. The second-order valence-corrected chi connectivity index (χ2v) is 5.51. The Hall–Kier alpha value is -0.330. The molecule has 1 atom stereocenters. The molecule has 0 saturated heterocycles. The number of rotatable bonds is 7. The van der Waals surface area contributed by atoms with E-state index in [1.54, 1.807) is 0 Å². The van der Waals surface area contributed by atoms with E-state index in [9.17, 15) is 4.79 Å². The van der Waals surface area contributed by atoms with Crippen LogP contribution in [0.2, 0.25) is 0 Å². The molecule has 1 saturated carbocycles. The molecule has 1 rings (SSSR count). The first-order valence-electron chi connectivity index (χ1n) is 7.27. The summed E-state index contributed by atoms with van der Waals surface area (Å²) in [4.78, 5) is 12.0. The average molecular weight is 224 g/mol. The van der Waals surface area contributed by atoms with Gasteiger partial charge >= 0.3 is 0 Å². The lowest BCUT2D eigenvalue weighted by Gasteiger charge is -2.21. The number of carbonyl (C=O) groups is 1. The molecule has 1 aliphatic rings. The maximum absolute atomic E-state index is 12.0. The highest BCUT2D eigenvalue weighted by Gasteiger charge is 2.18. The van der Waals surface area contributed by atoms with E-state index >= 15 is 0 Å². The molecular weight excluding hydrogens is 196 g/mol. The molecule has 1 fully saturated rings. The van der Waals surface area contributed by atoms with Crippen molar-refractivity contribution in [3.63, 3.8) is 0 Å². The van der Waals surface area contributed by atoms with E-state index in [0.717, 1.165) is 18.8 Å². The van der Waals surface area contributed by atoms with Gasteiger partial charge in [-0.1, -0.05) is 65.2 Å². The van der Waals surface area contributed by atoms with Gasteiger partial charge in [-0.05, 0) is 11.8 Å². The summed E-state index contributed by atoms with van der Waals surface area (Å²) in [6, 6.07) is 0. The first-order chi connectivity index (χ1) is 7.76. The molecule has 1 heteroatoms. The number of Topliss-reactive ketones (excluding diaryl/α,β-unsaturated/α-hetero) is 1. The lowest BCUT2D eigenvalue weighted by molar-refractivity contribution is -0.121. The Morgan fingerprint density at radius 3 is 2.44 bits per heavy atom. The molecule has 0 aromatic heterocycles. The Kier molecular flexibility index (Phi) is 6.75. The van der Waals surface area contributed by atoms with Crippen LogP contribution in [0.5, 0.6) is 0 Å². The van der Waals surface area contributed by atoms with Gasteiger partial charge in [0, 0.05) is 12.8 Å². The predicted molar refractivity (Wildman–Crippen MR) is 69.5 cm³/mol. The number of ketones is 1. The van der Waals surface area contributed by atoms with Crippen molar-refractivity contribution in [1.82, 2.24) is 0 Å². The summed E-state index contributed by atoms with van der Waals surface area (Å²) in [6.07, 6.45) is 12.0. The number of hydrogen-bond donors (Lipinski definition) is 0. The van der Waals surface area contributed by atoms with Crippen LogP contribution in [-0.4, -0.2) is 5.78 Å². The summed E-state index contributed by atoms with van der Waals surface area (Å²) < 4.78 is 0. The molecule has 16 heavy (non-hydrogen) atoms. The smallest absolute Gasteiger partial charge is 0.133 e. The monoisotopic (exact) mass is 224 g/mol. The van der Waals surface area contributed by atoms with Crippen molar-refractivity contribution in [2.24, 2.45) is 11.8 Å². The Balaban J connectivity index is 2.22. The summed E-state index contributed by atoms with van der Waals surface area (Å²) >= 11 is 0. The average Bonchev–Trinajstić information content (AvgIpc) is 2.29. The molecule has 1 aliphatic carbocycles. The summed E-state index contributed by atoms with van der Waals surface area (Å²) in [5.41, 5.74) is 0. The highest BCUT2D eigenvalue weighted by Crippen LogP contribution is 2.28. The van der Waals surface area contributed by atoms with E-state index < -0.39 is 0 Å². The fourth-order valence-corrected chi connectivity index (χ4v) is 2.98. The molecule has 1 nitrogen and oxygen atoms in total. The predicted octanol–water partition coefficient (Wildman–Crippen LogP) is 4.74. The molecule has 1 unspecified atom stereocenters. The van der Waals surface area contributed by atoms with E-state index in [1.807, 2.05) is 0 Å². The Bertz CT molecular complexity index is 183. The van der Waals surface area contributed by atoms with E-state index in [-0.39, 0.29) is 0 Å². The number of carbonyl (C=O) groups excluding carboxylic acids is 1. The minimum atomic E-state index is 0.534. The molecule has 0 aromatic carbocycles. The molecule has 94 valence electrons. The maximum atomic E-state index is 12.0. The zero-order valence-electron chi connectivity index (χ0n) is 11.1. The van der Waals surface area contributed by atoms with E-state index in [4.69, 9.17) is 0 Å². The van der Waals surface area contributed by atoms with Crippen LogP contribution >= 0.6 is 0 Å². The van der Waals surface area contributed by atoms with Gasteiger partial charge in [-0.25, -0.2) is 0 Å². The van der Waals surface area contributed by atoms with Crippen molar-refractivity contribution < 1.29 is 4.79 Å². The van der Waals surface area contributed by atoms with Crippen LogP contribution in [0.25, 0.3) is 0 Å². The SMILES string of the molecule is CCCC(CC)CC(=O)CC1CCCCC1. The van der Waals surface area contributed by atoms with Crippen molar-refractivity contribution in [2.75, 3.05) is 0 Å². The van der Waals surface area contributed by atoms with Crippen molar-refractivity contribution in [2.45, 2.75) is 78.1 Å². The van der Waals surface area contributed by atoms with Gasteiger partial charge in [0.05, 0.1) is 0 Å². The molecular formula is C15H28O. The Morgan fingerprint density at radius 1 is 1.19 bits per heavy atom. The molecule has 0 amide bonds. The first kappa shape index (κ1) is 13.7. The first-order valence-corrected chi connectivity index (χ1v) is 7.27. The Morgan fingerprint density at radius 2 is 1.88 bits per heavy atom. The highest BCUT2D eigenvalue weighted by molar-refractivity contribution is 5.78. The second kappa shape index (κ2) is 7.86. The molecule has 0 radical (unpaired) electrons. The molecule has 0 N–H and O–H groups in total. The zero-order valence-corrected chi connectivity index (χ0v) is 11.1. The fraction of sp³-hybridized carbons (Fsp3) is 0.933. The van der Waals surface area contributed by atoms with Crippen LogP contribution in [0.15, 0.2) is 0 Å². The van der Waals surface area contributed by atoms with Gasteiger partial charge in [0.1, 0.15) is 5.78 Å². The summed E-state index contributed by atoms with van der Waals surface area (Å²) in [5, 5.41) is 0. The van der Waals surface area contributed by atoms with Crippen molar-refractivity contribution in [1.29, 1.82) is 0 Å². The van der Waals surface area contributed by atoms with E-state index in [0.29, 0.717) is 11.7 Å². The topological polar surface area (TPSA) is 17.1 Å². The van der Waals surface area contributed by atoms with Gasteiger partial charge in [0.25, 0.3) is 0 Å². The van der Waals surface area contributed by atoms with Crippen LogP contribution in [0.1, 0.15) is 78.1 Å². The number of hydrogen-bond acceptors (Lipinski definition) is 1. The standard InChI is InChI=1S/C15H28O/c1-3-8-13(4-2)11-15(16)12-14-9-6-5-7-10-14/h13-14H,3-12H2,1-2H3.